The number of hydrogen-bond acceptors (Lipinski definition) is 3. The van der Waals surface area contributed by atoms with Crippen molar-refractivity contribution < 1.29 is 22.7 Å². The number of sulfonamides is 1. The summed E-state index contributed by atoms with van der Waals surface area (Å²) in [5, 5.41) is 8.33. The van der Waals surface area contributed by atoms with Gasteiger partial charge in [-0.3, -0.25) is 0 Å². The van der Waals surface area contributed by atoms with Crippen molar-refractivity contribution >= 4 is 27.6 Å². The number of rotatable bonds is 4. The van der Waals surface area contributed by atoms with E-state index in [9.17, 15) is 17.6 Å². The topological polar surface area (TPSA) is 74.7 Å². The van der Waals surface area contributed by atoms with E-state index < -0.39 is 37.3 Å². The number of carboxylic acids is 1. The van der Waals surface area contributed by atoms with E-state index in [1.54, 1.807) is 0 Å². The number of nitrogens with zero attached hydrogens (tertiary/aromatic N) is 1. The molecule has 0 atom stereocenters. The van der Waals surface area contributed by atoms with Gasteiger partial charge in [0.1, 0.15) is 5.82 Å². The number of carbonyl (C=O) groups is 1. The number of halogens is 2. The Balaban J connectivity index is 3.36. The van der Waals surface area contributed by atoms with Gasteiger partial charge in [0.05, 0.1) is 15.5 Å². The molecule has 0 bridgehead atoms. The predicted molar refractivity (Wildman–Crippen MR) is 77.6 cm³/mol. The van der Waals surface area contributed by atoms with E-state index in [0.717, 1.165) is 16.4 Å². The lowest BCUT2D eigenvalue weighted by atomic mass is 9.97. The van der Waals surface area contributed by atoms with Gasteiger partial charge in [0, 0.05) is 13.6 Å². The van der Waals surface area contributed by atoms with Crippen molar-refractivity contribution in [3.05, 3.63) is 28.5 Å². The summed E-state index contributed by atoms with van der Waals surface area (Å²) in [5.41, 5.74) is -0.887. The van der Waals surface area contributed by atoms with Gasteiger partial charge in [-0.25, -0.2) is 21.9 Å². The molecule has 5 nitrogen and oxygen atoms in total. The zero-order valence-corrected chi connectivity index (χ0v) is 13.7. The second kappa shape index (κ2) is 5.90. The highest BCUT2D eigenvalue weighted by atomic mass is 35.5. The van der Waals surface area contributed by atoms with E-state index in [1.807, 2.05) is 20.8 Å². The number of benzene rings is 1. The van der Waals surface area contributed by atoms with Crippen LogP contribution in [0.1, 0.15) is 31.1 Å². The molecular formula is C13H17ClFNO4S. The van der Waals surface area contributed by atoms with Gasteiger partial charge >= 0.3 is 5.97 Å². The minimum atomic E-state index is -4.00. The van der Waals surface area contributed by atoms with Crippen LogP contribution >= 0.6 is 11.6 Å². The fraction of sp³-hybridized carbons (Fsp3) is 0.462. The largest absolute Gasteiger partial charge is 0.478 e. The normalized spacial score (nSPS) is 12.7. The third-order valence-electron chi connectivity index (χ3n) is 2.64. The summed E-state index contributed by atoms with van der Waals surface area (Å²) in [7, 11) is -2.64. The molecule has 0 aliphatic heterocycles. The highest BCUT2D eigenvalue weighted by molar-refractivity contribution is 7.89. The van der Waals surface area contributed by atoms with Crippen LogP contribution in [0.2, 0.25) is 5.02 Å². The Hall–Kier alpha value is -1.18. The van der Waals surface area contributed by atoms with Crippen LogP contribution in [0.3, 0.4) is 0 Å². The van der Waals surface area contributed by atoms with E-state index in [0.29, 0.717) is 0 Å². The van der Waals surface area contributed by atoms with E-state index >= 15 is 0 Å². The van der Waals surface area contributed by atoms with Crippen molar-refractivity contribution in [3.63, 3.8) is 0 Å². The molecule has 1 aromatic carbocycles. The lowest BCUT2D eigenvalue weighted by molar-refractivity contribution is 0.0696. The predicted octanol–water partition coefficient (Wildman–Crippen LogP) is 2.84. The average molecular weight is 338 g/mol. The van der Waals surface area contributed by atoms with Crippen LogP contribution in [0.25, 0.3) is 0 Å². The molecule has 0 unspecified atom stereocenters. The highest BCUT2D eigenvalue weighted by Crippen LogP contribution is 2.27. The Morgan fingerprint density at radius 3 is 2.33 bits per heavy atom. The van der Waals surface area contributed by atoms with Gasteiger partial charge in [0.25, 0.3) is 0 Å². The standard InChI is InChI=1S/C13H17ClFNO4S/c1-13(2,3)7-16(4)21(19,20)8-5-9(12(17)18)11(14)10(15)6-8/h5-6H,7H2,1-4H3,(H,17,18). The summed E-state index contributed by atoms with van der Waals surface area (Å²) in [6.45, 7) is 5.75. The van der Waals surface area contributed by atoms with Crippen LogP contribution < -0.4 is 0 Å². The third kappa shape index (κ3) is 4.15. The van der Waals surface area contributed by atoms with Gasteiger partial charge in [-0.2, -0.15) is 0 Å². The van der Waals surface area contributed by atoms with Crippen molar-refractivity contribution in [3.8, 4) is 0 Å². The smallest absolute Gasteiger partial charge is 0.337 e. The minimum absolute atomic E-state index is 0.196. The van der Waals surface area contributed by atoms with Crippen LogP contribution in [-0.4, -0.2) is 37.4 Å². The summed E-state index contributed by atoms with van der Waals surface area (Å²) in [6, 6.07) is 1.59. The Kier molecular flexibility index (Phi) is 5.02. The summed E-state index contributed by atoms with van der Waals surface area (Å²) in [5.74, 6) is -2.58. The van der Waals surface area contributed by atoms with Crippen LogP contribution in [0.5, 0.6) is 0 Å². The molecule has 0 radical (unpaired) electrons. The van der Waals surface area contributed by atoms with Gasteiger partial charge in [0.2, 0.25) is 10.0 Å². The van der Waals surface area contributed by atoms with E-state index in [1.165, 1.54) is 7.05 Å². The molecule has 0 fully saturated rings. The second-order valence-corrected chi connectivity index (χ2v) is 8.32. The fourth-order valence-electron chi connectivity index (χ4n) is 1.80. The van der Waals surface area contributed by atoms with E-state index in [-0.39, 0.29) is 12.0 Å². The lowest BCUT2D eigenvalue weighted by Crippen LogP contribution is -2.34. The maximum atomic E-state index is 13.7. The quantitative estimate of drug-likeness (QED) is 0.916. The summed E-state index contributed by atoms with van der Waals surface area (Å²) >= 11 is 5.53. The molecule has 0 aromatic heterocycles. The molecule has 0 spiro atoms. The summed E-state index contributed by atoms with van der Waals surface area (Å²) in [4.78, 5) is 10.6. The van der Waals surface area contributed by atoms with Gasteiger partial charge < -0.3 is 5.11 Å². The molecule has 8 heteroatoms. The monoisotopic (exact) mass is 337 g/mol. The van der Waals surface area contributed by atoms with Crippen LogP contribution in [0.15, 0.2) is 17.0 Å². The SMILES string of the molecule is CN(CC(C)(C)C)S(=O)(=O)c1cc(F)c(Cl)c(C(=O)O)c1. The Morgan fingerprint density at radius 1 is 1.38 bits per heavy atom. The molecule has 1 N–H and O–H groups in total. The van der Waals surface area contributed by atoms with Crippen molar-refractivity contribution in [1.82, 2.24) is 4.31 Å². The Morgan fingerprint density at radius 2 is 1.90 bits per heavy atom. The molecular weight excluding hydrogens is 321 g/mol. The van der Waals surface area contributed by atoms with Crippen molar-refractivity contribution in [2.24, 2.45) is 5.41 Å². The first kappa shape index (κ1) is 17.9. The number of aromatic carboxylic acids is 1. The molecule has 1 aromatic rings. The summed E-state index contributed by atoms with van der Waals surface area (Å²) in [6.07, 6.45) is 0. The fourth-order valence-corrected chi connectivity index (χ4v) is 3.43. The molecule has 0 aliphatic rings. The molecule has 0 saturated heterocycles. The molecule has 0 heterocycles. The van der Waals surface area contributed by atoms with Crippen molar-refractivity contribution in [1.29, 1.82) is 0 Å². The maximum Gasteiger partial charge on any atom is 0.337 e. The van der Waals surface area contributed by atoms with Gasteiger partial charge in [0.15, 0.2) is 0 Å². The van der Waals surface area contributed by atoms with Crippen LogP contribution in [0, 0.1) is 11.2 Å². The third-order valence-corrected chi connectivity index (χ3v) is 4.80. The lowest BCUT2D eigenvalue weighted by Gasteiger charge is -2.26. The van der Waals surface area contributed by atoms with Crippen LogP contribution in [0.4, 0.5) is 4.39 Å². The van der Waals surface area contributed by atoms with Crippen LogP contribution in [-0.2, 0) is 10.0 Å². The first-order chi connectivity index (χ1) is 9.36. The van der Waals surface area contributed by atoms with E-state index in [4.69, 9.17) is 16.7 Å². The first-order valence-electron chi connectivity index (χ1n) is 6.05. The second-order valence-electron chi connectivity index (χ2n) is 5.89. The molecule has 21 heavy (non-hydrogen) atoms. The Labute approximate surface area is 128 Å². The molecule has 1 rings (SSSR count). The van der Waals surface area contributed by atoms with Crippen molar-refractivity contribution in [2.75, 3.05) is 13.6 Å². The maximum absolute atomic E-state index is 13.7. The Bertz CT molecular complexity index is 667. The number of carboxylic acid groups (broad SMARTS) is 1. The molecule has 118 valence electrons. The molecule has 0 amide bonds. The average Bonchev–Trinajstić information content (AvgIpc) is 2.29. The minimum Gasteiger partial charge on any atom is -0.478 e. The zero-order chi connectivity index (χ0) is 16.6. The molecule has 0 aliphatic carbocycles. The van der Waals surface area contributed by atoms with Crippen molar-refractivity contribution in [2.45, 2.75) is 25.7 Å². The molecule has 0 saturated carbocycles. The summed E-state index contributed by atoms with van der Waals surface area (Å²) < 4.78 is 39.5. The van der Waals surface area contributed by atoms with Gasteiger partial charge in [-0.1, -0.05) is 32.4 Å². The van der Waals surface area contributed by atoms with Gasteiger partial charge in [-0.05, 0) is 17.5 Å². The first-order valence-corrected chi connectivity index (χ1v) is 7.87. The van der Waals surface area contributed by atoms with Gasteiger partial charge in [-0.15, -0.1) is 0 Å². The van der Waals surface area contributed by atoms with E-state index in [2.05, 4.69) is 0 Å². The highest BCUT2D eigenvalue weighted by Gasteiger charge is 2.28. The zero-order valence-electron chi connectivity index (χ0n) is 12.1. The number of hydrogen-bond donors (Lipinski definition) is 1.